The van der Waals surface area contributed by atoms with Gasteiger partial charge in [0.1, 0.15) is 6.26 Å². The number of aromatic nitrogens is 1. The van der Waals surface area contributed by atoms with Crippen molar-refractivity contribution in [2.24, 2.45) is 0 Å². The molecule has 1 aromatic heterocycles. The van der Waals surface area contributed by atoms with Gasteiger partial charge in [0, 0.05) is 19.2 Å². The molecule has 4 heteroatoms. The molecule has 62 valence electrons. The van der Waals surface area contributed by atoms with Crippen LogP contribution in [0, 0.1) is 0 Å². The summed E-state index contributed by atoms with van der Waals surface area (Å²) in [5.74, 6) is 0. The van der Waals surface area contributed by atoms with Crippen molar-refractivity contribution >= 4 is 0 Å². The third-order valence-corrected chi connectivity index (χ3v) is 1.40. The van der Waals surface area contributed by atoms with E-state index in [1.807, 2.05) is 18.0 Å². The number of nitrogens with zero attached hydrogens (tertiary/aromatic N) is 2. The smallest absolute Gasteiger partial charge is 0.124 e. The maximum Gasteiger partial charge on any atom is 0.124 e. The standard InChI is InChI=1S/C7H12N2O2/c1-9(3-4-10)6-7-2-5-11-8-7/h2,5,10H,3-4,6H2,1H3. The molecule has 0 saturated carbocycles. The summed E-state index contributed by atoms with van der Waals surface area (Å²) in [5.41, 5.74) is 0.890. The summed E-state index contributed by atoms with van der Waals surface area (Å²) in [6, 6.07) is 1.81. The van der Waals surface area contributed by atoms with Gasteiger partial charge in [-0.3, -0.25) is 4.90 Å². The maximum absolute atomic E-state index is 8.58. The van der Waals surface area contributed by atoms with Gasteiger partial charge in [0.25, 0.3) is 0 Å². The van der Waals surface area contributed by atoms with E-state index in [1.54, 1.807) is 6.26 Å². The van der Waals surface area contributed by atoms with E-state index in [4.69, 9.17) is 5.11 Å². The first-order valence-electron chi connectivity index (χ1n) is 3.51. The lowest BCUT2D eigenvalue weighted by molar-refractivity contribution is 0.214. The zero-order chi connectivity index (χ0) is 8.10. The first-order chi connectivity index (χ1) is 5.33. The van der Waals surface area contributed by atoms with Gasteiger partial charge in [0.2, 0.25) is 0 Å². The van der Waals surface area contributed by atoms with E-state index < -0.39 is 0 Å². The van der Waals surface area contributed by atoms with E-state index in [2.05, 4.69) is 9.68 Å². The Morgan fingerprint density at radius 2 is 2.55 bits per heavy atom. The SMILES string of the molecule is CN(CCO)Cc1ccon1. The van der Waals surface area contributed by atoms with Gasteiger partial charge in [-0.1, -0.05) is 5.16 Å². The molecule has 0 radical (unpaired) electrons. The van der Waals surface area contributed by atoms with Crippen molar-refractivity contribution in [3.05, 3.63) is 18.0 Å². The first kappa shape index (κ1) is 8.23. The summed E-state index contributed by atoms with van der Waals surface area (Å²) in [6.45, 7) is 1.55. The van der Waals surface area contributed by atoms with Crippen LogP contribution >= 0.6 is 0 Å². The second kappa shape index (κ2) is 4.10. The lowest BCUT2D eigenvalue weighted by Gasteiger charge is -2.11. The van der Waals surface area contributed by atoms with E-state index in [-0.39, 0.29) is 6.61 Å². The number of aliphatic hydroxyl groups excluding tert-OH is 1. The Kier molecular flexibility index (Phi) is 3.07. The van der Waals surface area contributed by atoms with Crippen molar-refractivity contribution in [1.29, 1.82) is 0 Å². The zero-order valence-electron chi connectivity index (χ0n) is 6.53. The van der Waals surface area contributed by atoms with Crippen LogP contribution in [0.5, 0.6) is 0 Å². The Morgan fingerprint density at radius 1 is 1.73 bits per heavy atom. The van der Waals surface area contributed by atoms with Gasteiger partial charge in [-0.05, 0) is 7.05 Å². The fourth-order valence-electron chi connectivity index (χ4n) is 0.845. The van der Waals surface area contributed by atoms with Crippen LogP contribution in [0.15, 0.2) is 16.9 Å². The maximum atomic E-state index is 8.58. The fraction of sp³-hybridized carbons (Fsp3) is 0.571. The van der Waals surface area contributed by atoms with E-state index in [1.165, 1.54) is 0 Å². The third kappa shape index (κ3) is 2.69. The van der Waals surface area contributed by atoms with Gasteiger partial charge < -0.3 is 9.63 Å². The summed E-state index contributed by atoms with van der Waals surface area (Å²) >= 11 is 0. The van der Waals surface area contributed by atoms with E-state index in [0.29, 0.717) is 6.54 Å². The monoisotopic (exact) mass is 156 g/mol. The van der Waals surface area contributed by atoms with Gasteiger partial charge in [-0.15, -0.1) is 0 Å². The highest BCUT2D eigenvalue weighted by atomic mass is 16.5. The predicted molar refractivity (Wildman–Crippen MR) is 39.9 cm³/mol. The van der Waals surface area contributed by atoms with Crippen LogP contribution < -0.4 is 0 Å². The van der Waals surface area contributed by atoms with E-state index in [9.17, 15) is 0 Å². The van der Waals surface area contributed by atoms with Crippen molar-refractivity contribution in [2.75, 3.05) is 20.2 Å². The van der Waals surface area contributed by atoms with Crippen molar-refractivity contribution in [3.8, 4) is 0 Å². The highest BCUT2D eigenvalue weighted by Gasteiger charge is 2.00. The Labute approximate surface area is 65.4 Å². The summed E-state index contributed by atoms with van der Waals surface area (Å²) in [6.07, 6.45) is 1.54. The number of hydrogen-bond acceptors (Lipinski definition) is 4. The van der Waals surface area contributed by atoms with Crippen molar-refractivity contribution < 1.29 is 9.63 Å². The minimum absolute atomic E-state index is 0.175. The zero-order valence-corrected chi connectivity index (χ0v) is 6.53. The summed E-state index contributed by atoms with van der Waals surface area (Å²) in [5, 5.41) is 12.3. The molecule has 0 atom stereocenters. The van der Waals surface area contributed by atoms with Crippen molar-refractivity contribution in [2.45, 2.75) is 6.54 Å². The Morgan fingerprint density at radius 3 is 3.09 bits per heavy atom. The molecule has 11 heavy (non-hydrogen) atoms. The summed E-state index contributed by atoms with van der Waals surface area (Å²) < 4.78 is 4.65. The molecule has 0 aliphatic rings. The van der Waals surface area contributed by atoms with Crippen LogP contribution in [0.2, 0.25) is 0 Å². The molecule has 0 amide bonds. The second-order valence-corrected chi connectivity index (χ2v) is 2.45. The summed E-state index contributed by atoms with van der Waals surface area (Å²) in [7, 11) is 1.92. The largest absolute Gasteiger partial charge is 0.395 e. The predicted octanol–water partition coefficient (Wildman–Crippen LogP) is 0.0987. The van der Waals surface area contributed by atoms with Crippen molar-refractivity contribution in [1.82, 2.24) is 10.1 Å². The fourth-order valence-corrected chi connectivity index (χ4v) is 0.845. The molecular weight excluding hydrogens is 144 g/mol. The topological polar surface area (TPSA) is 49.5 Å². The van der Waals surface area contributed by atoms with Crippen LogP contribution in [0.4, 0.5) is 0 Å². The van der Waals surface area contributed by atoms with Crippen LogP contribution in [0.1, 0.15) is 5.69 Å². The molecule has 0 bridgehead atoms. The molecule has 0 aliphatic heterocycles. The minimum atomic E-state index is 0.175. The van der Waals surface area contributed by atoms with Gasteiger partial charge >= 0.3 is 0 Å². The first-order valence-corrected chi connectivity index (χ1v) is 3.51. The van der Waals surface area contributed by atoms with Crippen LogP contribution in [-0.2, 0) is 6.54 Å². The highest BCUT2D eigenvalue weighted by Crippen LogP contribution is 1.97. The Hall–Kier alpha value is -0.870. The van der Waals surface area contributed by atoms with E-state index >= 15 is 0 Å². The second-order valence-electron chi connectivity index (χ2n) is 2.45. The molecule has 0 fully saturated rings. The van der Waals surface area contributed by atoms with Gasteiger partial charge in [-0.2, -0.15) is 0 Å². The molecule has 0 aromatic carbocycles. The molecule has 4 nitrogen and oxygen atoms in total. The number of rotatable bonds is 4. The molecule has 0 spiro atoms. The molecule has 0 saturated heterocycles. The Balaban J connectivity index is 2.31. The lowest BCUT2D eigenvalue weighted by atomic mass is 10.4. The lowest BCUT2D eigenvalue weighted by Crippen LogP contribution is -2.21. The molecular formula is C7H12N2O2. The highest BCUT2D eigenvalue weighted by molar-refractivity contribution is 4.94. The van der Waals surface area contributed by atoms with Crippen molar-refractivity contribution in [3.63, 3.8) is 0 Å². The van der Waals surface area contributed by atoms with Gasteiger partial charge in [-0.25, -0.2) is 0 Å². The number of likely N-dealkylation sites (N-methyl/N-ethyl adjacent to an activating group) is 1. The quantitative estimate of drug-likeness (QED) is 0.671. The molecule has 0 aliphatic carbocycles. The average molecular weight is 156 g/mol. The van der Waals surface area contributed by atoms with Crippen LogP contribution in [0.3, 0.4) is 0 Å². The van der Waals surface area contributed by atoms with Crippen LogP contribution in [-0.4, -0.2) is 35.4 Å². The molecule has 1 rings (SSSR count). The molecule has 0 unspecified atom stereocenters. The molecule has 1 aromatic rings. The molecule has 1 N–H and O–H groups in total. The van der Waals surface area contributed by atoms with Gasteiger partial charge in [0.15, 0.2) is 0 Å². The molecule has 1 heterocycles. The Bertz CT molecular complexity index is 186. The third-order valence-electron chi connectivity index (χ3n) is 1.40. The average Bonchev–Trinajstić information content (AvgIpc) is 2.40. The van der Waals surface area contributed by atoms with Crippen LogP contribution in [0.25, 0.3) is 0 Å². The minimum Gasteiger partial charge on any atom is -0.395 e. The number of hydrogen-bond donors (Lipinski definition) is 1. The van der Waals surface area contributed by atoms with E-state index in [0.717, 1.165) is 12.2 Å². The normalized spacial score (nSPS) is 10.8. The van der Waals surface area contributed by atoms with Gasteiger partial charge in [0.05, 0.1) is 12.3 Å². The summed E-state index contributed by atoms with van der Waals surface area (Å²) in [4.78, 5) is 1.97. The number of aliphatic hydroxyl groups is 1.